The zero-order valence-corrected chi connectivity index (χ0v) is 14.7. The van der Waals surface area contributed by atoms with E-state index in [4.69, 9.17) is 4.74 Å². The van der Waals surface area contributed by atoms with Crippen molar-refractivity contribution in [3.8, 4) is 11.7 Å². The van der Waals surface area contributed by atoms with Crippen LogP contribution >= 0.6 is 0 Å². The van der Waals surface area contributed by atoms with Gasteiger partial charge in [-0.15, -0.1) is 5.10 Å². The Balaban J connectivity index is 1.29. The number of ether oxygens (including phenoxy) is 1. The zero-order chi connectivity index (χ0) is 18.5. The fourth-order valence-corrected chi connectivity index (χ4v) is 3.13. The third-order valence-electron chi connectivity index (χ3n) is 4.54. The Morgan fingerprint density at radius 1 is 1.04 bits per heavy atom. The molecule has 1 aromatic carbocycles. The lowest BCUT2D eigenvalue weighted by Crippen LogP contribution is -2.40. The summed E-state index contributed by atoms with van der Waals surface area (Å²) in [5.41, 5.74) is 1.13. The second-order valence-electron chi connectivity index (χ2n) is 6.45. The van der Waals surface area contributed by atoms with Gasteiger partial charge in [0.05, 0.1) is 11.9 Å². The summed E-state index contributed by atoms with van der Waals surface area (Å²) in [6, 6.07) is 11.8. The summed E-state index contributed by atoms with van der Waals surface area (Å²) in [5, 5.41) is 11.5. The average Bonchev–Trinajstić information content (AvgIpc) is 3.21. The van der Waals surface area contributed by atoms with E-state index in [9.17, 15) is 4.79 Å². The smallest absolute Gasteiger partial charge is 0.316 e. The molecule has 0 unspecified atom stereocenters. The Kier molecular flexibility index (Phi) is 5.04. The van der Waals surface area contributed by atoms with E-state index in [1.54, 1.807) is 18.5 Å². The lowest BCUT2D eigenvalue weighted by Gasteiger charge is -2.28. The fraction of sp³-hybridized carbons (Fsp3) is 0.316. The van der Waals surface area contributed by atoms with E-state index in [-0.39, 0.29) is 18.1 Å². The van der Waals surface area contributed by atoms with Crippen molar-refractivity contribution >= 4 is 5.91 Å². The van der Waals surface area contributed by atoms with Crippen molar-refractivity contribution in [3.05, 3.63) is 60.7 Å². The maximum Gasteiger partial charge on any atom is 0.316 e. The first-order chi connectivity index (χ1) is 13.3. The number of nitrogens with one attached hydrogen (secondary N) is 1. The quantitative estimate of drug-likeness (QED) is 0.746. The molecule has 0 aliphatic heterocycles. The first-order valence-corrected chi connectivity index (χ1v) is 9.00. The molecule has 0 saturated heterocycles. The summed E-state index contributed by atoms with van der Waals surface area (Å²) in [5.74, 6) is -0.201. The molecule has 2 heterocycles. The number of aromatic nitrogens is 5. The molecule has 1 N–H and O–H groups in total. The predicted molar refractivity (Wildman–Crippen MR) is 97.5 cm³/mol. The summed E-state index contributed by atoms with van der Waals surface area (Å²) in [4.78, 5) is 22.1. The number of para-hydroxylation sites is 1. The molecule has 0 bridgehead atoms. The lowest BCUT2D eigenvalue weighted by atomic mass is 9.93. The summed E-state index contributed by atoms with van der Waals surface area (Å²) in [6.45, 7) is 0. The molecule has 1 aliphatic rings. The summed E-state index contributed by atoms with van der Waals surface area (Å²) in [6.07, 6.45) is 8.28. The molecular weight excluding hydrogens is 344 g/mol. The highest BCUT2D eigenvalue weighted by Crippen LogP contribution is 2.22. The highest BCUT2D eigenvalue weighted by Gasteiger charge is 2.25. The number of nitrogens with zero attached hydrogens (tertiary/aromatic N) is 5. The molecular formula is C19H20N6O2. The molecule has 1 amide bonds. The van der Waals surface area contributed by atoms with E-state index in [1.165, 1.54) is 11.0 Å². The molecule has 0 spiro atoms. The van der Waals surface area contributed by atoms with Gasteiger partial charge in [0.15, 0.2) is 5.69 Å². The molecule has 2 aromatic heterocycles. The maximum atomic E-state index is 12.5. The Hall–Kier alpha value is -3.29. The third-order valence-corrected chi connectivity index (χ3v) is 4.54. The molecule has 27 heavy (non-hydrogen) atoms. The van der Waals surface area contributed by atoms with Crippen LogP contribution in [-0.4, -0.2) is 43.0 Å². The van der Waals surface area contributed by atoms with Crippen LogP contribution in [0.15, 0.2) is 55.0 Å². The first kappa shape index (κ1) is 17.1. The van der Waals surface area contributed by atoms with Gasteiger partial charge in [-0.2, -0.15) is 9.90 Å². The van der Waals surface area contributed by atoms with Crippen molar-refractivity contribution in [2.24, 2.45) is 0 Å². The number of benzene rings is 1. The lowest BCUT2D eigenvalue weighted by molar-refractivity contribution is 0.0880. The van der Waals surface area contributed by atoms with Crippen molar-refractivity contribution < 1.29 is 9.53 Å². The van der Waals surface area contributed by atoms with Crippen LogP contribution in [0.25, 0.3) is 5.69 Å². The molecule has 3 aromatic rings. The maximum absolute atomic E-state index is 12.5. The van der Waals surface area contributed by atoms with Crippen molar-refractivity contribution in [2.75, 3.05) is 0 Å². The second-order valence-corrected chi connectivity index (χ2v) is 6.45. The van der Waals surface area contributed by atoms with Crippen molar-refractivity contribution in [2.45, 2.75) is 37.8 Å². The van der Waals surface area contributed by atoms with Crippen LogP contribution < -0.4 is 10.1 Å². The van der Waals surface area contributed by atoms with Crippen LogP contribution in [0.3, 0.4) is 0 Å². The molecule has 1 saturated carbocycles. The summed E-state index contributed by atoms with van der Waals surface area (Å²) >= 11 is 0. The van der Waals surface area contributed by atoms with Gasteiger partial charge in [0.1, 0.15) is 6.10 Å². The van der Waals surface area contributed by atoms with Gasteiger partial charge in [-0.05, 0) is 43.9 Å². The third kappa shape index (κ3) is 4.28. The van der Waals surface area contributed by atoms with Crippen LogP contribution in [-0.2, 0) is 0 Å². The second kappa shape index (κ2) is 7.94. The standard InChI is InChI=1S/C19H20N6O2/c26-18(17-13-22-25(24-17)15-5-2-1-3-6-15)23-14-7-9-16(10-8-14)27-19-20-11-4-12-21-19/h1-6,11-14,16H,7-10H2,(H,23,26). The van der Waals surface area contributed by atoms with E-state index in [0.29, 0.717) is 11.7 Å². The van der Waals surface area contributed by atoms with Crippen LogP contribution in [0.5, 0.6) is 6.01 Å². The zero-order valence-electron chi connectivity index (χ0n) is 14.7. The molecule has 8 heteroatoms. The van der Waals surface area contributed by atoms with Gasteiger partial charge in [0.2, 0.25) is 0 Å². The van der Waals surface area contributed by atoms with Crippen molar-refractivity contribution in [1.82, 2.24) is 30.3 Å². The van der Waals surface area contributed by atoms with E-state index >= 15 is 0 Å². The average molecular weight is 364 g/mol. The summed E-state index contributed by atoms with van der Waals surface area (Å²) < 4.78 is 5.78. The number of carbonyl (C=O) groups is 1. The highest BCUT2D eigenvalue weighted by molar-refractivity contribution is 5.92. The van der Waals surface area contributed by atoms with Gasteiger partial charge in [0.25, 0.3) is 5.91 Å². The topological polar surface area (TPSA) is 94.8 Å². The van der Waals surface area contributed by atoms with Crippen molar-refractivity contribution in [1.29, 1.82) is 0 Å². The number of hydrogen-bond donors (Lipinski definition) is 1. The monoisotopic (exact) mass is 364 g/mol. The number of rotatable bonds is 5. The van der Waals surface area contributed by atoms with Gasteiger partial charge < -0.3 is 10.1 Å². The van der Waals surface area contributed by atoms with E-state index in [2.05, 4.69) is 25.5 Å². The minimum Gasteiger partial charge on any atom is -0.460 e. The number of amides is 1. The molecule has 138 valence electrons. The molecule has 1 fully saturated rings. The highest BCUT2D eigenvalue weighted by atomic mass is 16.5. The fourth-order valence-electron chi connectivity index (χ4n) is 3.13. The van der Waals surface area contributed by atoms with Gasteiger partial charge >= 0.3 is 6.01 Å². The summed E-state index contributed by atoms with van der Waals surface area (Å²) in [7, 11) is 0. The van der Waals surface area contributed by atoms with Gasteiger partial charge in [-0.25, -0.2) is 9.97 Å². The minimum absolute atomic E-state index is 0.0829. The van der Waals surface area contributed by atoms with Crippen LogP contribution in [0.1, 0.15) is 36.2 Å². The molecule has 0 radical (unpaired) electrons. The Bertz CT molecular complexity index is 875. The molecule has 4 rings (SSSR count). The van der Waals surface area contributed by atoms with E-state index in [1.807, 2.05) is 30.3 Å². The molecule has 0 atom stereocenters. The largest absolute Gasteiger partial charge is 0.460 e. The Labute approximate surface area is 156 Å². The number of carbonyl (C=O) groups excluding carboxylic acids is 1. The molecule has 8 nitrogen and oxygen atoms in total. The Morgan fingerprint density at radius 2 is 1.78 bits per heavy atom. The van der Waals surface area contributed by atoms with Crippen molar-refractivity contribution in [3.63, 3.8) is 0 Å². The van der Waals surface area contributed by atoms with Crippen LogP contribution in [0.2, 0.25) is 0 Å². The normalized spacial score (nSPS) is 19.4. The van der Waals surface area contributed by atoms with E-state index < -0.39 is 0 Å². The van der Waals surface area contributed by atoms with Crippen LogP contribution in [0.4, 0.5) is 0 Å². The van der Waals surface area contributed by atoms with Crippen LogP contribution in [0, 0.1) is 0 Å². The van der Waals surface area contributed by atoms with Gasteiger partial charge in [0, 0.05) is 18.4 Å². The minimum atomic E-state index is -0.201. The SMILES string of the molecule is O=C(NC1CCC(Oc2ncccn2)CC1)c1cnn(-c2ccccc2)n1. The van der Waals surface area contributed by atoms with Gasteiger partial charge in [-0.3, -0.25) is 4.79 Å². The Morgan fingerprint density at radius 3 is 2.52 bits per heavy atom. The number of hydrogen-bond acceptors (Lipinski definition) is 6. The van der Waals surface area contributed by atoms with Gasteiger partial charge in [-0.1, -0.05) is 18.2 Å². The molecule has 1 aliphatic carbocycles. The van der Waals surface area contributed by atoms with E-state index in [0.717, 1.165) is 31.4 Å². The predicted octanol–water partition coefficient (Wildman–Crippen LogP) is 2.18. The first-order valence-electron chi connectivity index (χ1n) is 9.00.